The molecule has 0 fully saturated rings. The molecule has 3 aromatic rings. The summed E-state index contributed by atoms with van der Waals surface area (Å²) < 4.78 is 1.51. The summed E-state index contributed by atoms with van der Waals surface area (Å²) in [5.41, 5.74) is 2.72. The molecule has 0 bridgehead atoms. The lowest BCUT2D eigenvalue weighted by Gasteiger charge is -2.17. The molecule has 0 unspecified atom stereocenters. The van der Waals surface area contributed by atoms with Crippen LogP contribution in [0.15, 0.2) is 46.1 Å². The number of hydrogen-bond acceptors (Lipinski definition) is 4. The molecule has 0 atom stereocenters. The third-order valence-electron chi connectivity index (χ3n) is 4.05. The maximum Gasteiger partial charge on any atom is 0.261 e. The van der Waals surface area contributed by atoms with Crippen LogP contribution in [0.5, 0.6) is 0 Å². The number of hydrogen-bond donors (Lipinski definition) is 0. The predicted octanol–water partition coefficient (Wildman–Crippen LogP) is 2.82. The van der Waals surface area contributed by atoms with Crippen LogP contribution < -0.4 is 5.56 Å². The zero-order valence-corrected chi connectivity index (χ0v) is 14.5. The number of aromatic nitrogens is 2. The van der Waals surface area contributed by atoms with Crippen molar-refractivity contribution in [2.24, 2.45) is 0 Å². The lowest BCUT2D eigenvalue weighted by molar-refractivity contribution is -0.130. The van der Waals surface area contributed by atoms with Gasteiger partial charge in [-0.25, -0.2) is 4.98 Å². The van der Waals surface area contributed by atoms with Crippen LogP contribution in [0, 0.1) is 6.92 Å². The second-order valence-electron chi connectivity index (χ2n) is 5.85. The van der Waals surface area contributed by atoms with Crippen LogP contribution in [-0.4, -0.2) is 27.4 Å². The number of fused-ring (bicyclic) bond motifs is 1. The Balaban J connectivity index is 1.70. The maximum absolute atomic E-state index is 12.5. The Kier molecular flexibility index (Phi) is 4.76. The van der Waals surface area contributed by atoms with E-state index < -0.39 is 0 Å². The lowest BCUT2D eigenvalue weighted by Crippen LogP contribution is -2.29. The zero-order valence-electron chi connectivity index (χ0n) is 13.7. The quantitative estimate of drug-likeness (QED) is 0.717. The van der Waals surface area contributed by atoms with Crippen molar-refractivity contribution in [3.05, 3.63) is 62.8 Å². The summed E-state index contributed by atoms with van der Waals surface area (Å²) in [4.78, 5) is 30.8. The van der Waals surface area contributed by atoms with Crippen LogP contribution in [-0.2, 0) is 17.9 Å². The lowest BCUT2D eigenvalue weighted by atomic mass is 10.1. The number of carbonyl (C=O) groups excluding carboxylic acids is 1. The summed E-state index contributed by atoms with van der Waals surface area (Å²) in [7, 11) is 1.78. The van der Waals surface area contributed by atoms with Gasteiger partial charge in [-0.2, -0.15) is 11.3 Å². The molecule has 3 rings (SSSR count). The average Bonchev–Trinajstić information content (AvgIpc) is 3.07. The average molecular weight is 341 g/mol. The van der Waals surface area contributed by atoms with Crippen molar-refractivity contribution in [2.45, 2.75) is 26.4 Å². The Labute approximate surface area is 144 Å². The van der Waals surface area contributed by atoms with E-state index in [4.69, 9.17) is 0 Å². The number of para-hydroxylation sites is 1. The minimum Gasteiger partial charge on any atom is -0.341 e. The minimum absolute atomic E-state index is 0.0115. The molecular formula is C18H19N3O2S. The van der Waals surface area contributed by atoms with Crippen molar-refractivity contribution in [1.82, 2.24) is 14.5 Å². The molecule has 0 aliphatic heterocycles. The van der Waals surface area contributed by atoms with Crippen molar-refractivity contribution >= 4 is 28.1 Å². The number of nitrogens with zero attached hydrogens (tertiary/aromatic N) is 3. The molecule has 0 saturated carbocycles. The van der Waals surface area contributed by atoms with Gasteiger partial charge in [0.2, 0.25) is 5.91 Å². The standard InChI is InChI=1S/C18H19N3O2S/c1-13-4-3-5-15-17(13)19-12-21(18(15)23)8-6-16(22)20(2)10-14-7-9-24-11-14/h3-5,7,9,11-12H,6,8,10H2,1-2H3. The summed E-state index contributed by atoms with van der Waals surface area (Å²) in [5, 5.41) is 4.62. The first-order valence-corrected chi connectivity index (χ1v) is 8.70. The van der Waals surface area contributed by atoms with E-state index in [1.807, 2.05) is 35.9 Å². The highest BCUT2D eigenvalue weighted by molar-refractivity contribution is 7.07. The number of benzene rings is 1. The van der Waals surface area contributed by atoms with Crippen molar-refractivity contribution in [2.75, 3.05) is 7.05 Å². The molecular weight excluding hydrogens is 322 g/mol. The van der Waals surface area contributed by atoms with Gasteiger partial charge in [-0.15, -0.1) is 0 Å². The molecule has 6 heteroatoms. The first kappa shape index (κ1) is 16.4. The summed E-state index contributed by atoms with van der Waals surface area (Å²) >= 11 is 1.62. The topological polar surface area (TPSA) is 55.2 Å². The van der Waals surface area contributed by atoms with Gasteiger partial charge in [0.25, 0.3) is 5.56 Å². The molecule has 24 heavy (non-hydrogen) atoms. The van der Waals surface area contributed by atoms with E-state index in [9.17, 15) is 9.59 Å². The summed E-state index contributed by atoms with van der Waals surface area (Å²) in [6.07, 6.45) is 1.81. The van der Waals surface area contributed by atoms with Gasteiger partial charge in [0.05, 0.1) is 17.2 Å². The van der Waals surface area contributed by atoms with Gasteiger partial charge < -0.3 is 4.90 Å². The largest absolute Gasteiger partial charge is 0.341 e. The number of aryl methyl sites for hydroxylation is 2. The SMILES string of the molecule is Cc1cccc2c(=O)n(CCC(=O)N(C)Cc3ccsc3)cnc12. The van der Waals surface area contributed by atoms with Crippen LogP contribution in [0.4, 0.5) is 0 Å². The van der Waals surface area contributed by atoms with E-state index >= 15 is 0 Å². The zero-order chi connectivity index (χ0) is 17.1. The number of amides is 1. The molecule has 0 N–H and O–H groups in total. The van der Waals surface area contributed by atoms with Gasteiger partial charge >= 0.3 is 0 Å². The van der Waals surface area contributed by atoms with E-state index in [-0.39, 0.29) is 17.9 Å². The Morgan fingerprint density at radius 2 is 2.17 bits per heavy atom. The van der Waals surface area contributed by atoms with Crippen molar-refractivity contribution < 1.29 is 4.79 Å². The van der Waals surface area contributed by atoms with Crippen LogP contribution >= 0.6 is 11.3 Å². The van der Waals surface area contributed by atoms with E-state index in [2.05, 4.69) is 4.98 Å². The molecule has 0 radical (unpaired) electrons. The Morgan fingerprint density at radius 1 is 1.33 bits per heavy atom. The van der Waals surface area contributed by atoms with Gasteiger partial charge in [-0.1, -0.05) is 12.1 Å². The summed E-state index contributed by atoms with van der Waals surface area (Å²) in [6.45, 7) is 2.86. The van der Waals surface area contributed by atoms with Crippen LogP contribution in [0.1, 0.15) is 17.5 Å². The van der Waals surface area contributed by atoms with Gasteiger partial charge in [-0.3, -0.25) is 14.2 Å². The highest BCUT2D eigenvalue weighted by Crippen LogP contribution is 2.12. The Hall–Kier alpha value is -2.47. The van der Waals surface area contributed by atoms with Gasteiger partial charge in [0.15, 0.2) is 0 Å². The second kappa shape index (κ2) is 6.97. The van der Waals surface area contributed by atoms with Crippen LogP contribution in [0.2, 0.25) is 0 Å². The number of thiophene rings is 1. The van der Waals surface area contributed by atoms with Gasteiger partial charge in [-0.05, 0) is 40.9 Å². The highest BCUT2D eigenvalue weighted by Gasteiger charge is 2.11. The van der Waals surface area contributed by atoms with Crippen LogP contribution in [0.3, 0.4) is 0 Å². The van der Waals surface area contributed by atoms with Crippen LogP contribution in [0.25, 0.3) is 10.9 Å². The molecule has 5 nitrogen and oxygen atoms in total. The monoisotopic (exact) mass is 341 g/mol. The van der Waals surface area contributed by atoms with Crippen molar-refractivity contribution in [1.29, 1.82) is 0 Å². The summed E-state index contributed by atoms with van der Waals surface area (Å²) in [6, 6.07) is 7.57. The third-order valence-corrected chi connectivity index (χ3v) is 4.78. The molecule has 1 aromatic carbocycles. The number of rotatable bonds is 5. The fourth-order valence-electron chi connectivity index (χ4n) is 2.65. The van der Waals surface area contributed by atoms with Crippen molar-refractivity contribution in [3.8, 4) is 0 Å². The van der Waals surface area contributed by atoms with E-state index in [0.29, 0.717) is 18.5 Å². The first-order chi connectivity index (χ1) is 11.6. The predicted molar refractivity (Wildman–Crippen MR) is 96.2 cm³/mol. The van der Waals surface area contributed by atoms with E-state index in [0.717, 1.165) is 16.6 Å². The molecule has 0 saturated heterocycles. The van der Waals surface area contributed by atoms with Gasteiger partial charge in [0, 0.05) is 26.6 Å². The molecule has 0 aliphatic carbocycles. The molecule has 124 valence electrons. The molecule has 1 amide bonds. The van der Waals surface area contributed by atoms with E-state index in [1.54, 1.807) is 29.4 Å². The number of carbonyl (C=O) groups is 1. The fourth-order valence-corrected chi connectivity index (χ4v) is 3.31. The maximum atomic E-state index is 12.5. The second-order valence-corrected chi connectivity index (χ2v) is 6.63. The van der Waals surface area contributed by atoms with E-state index in [1.165, 1.54) is 10.9 Å². The molecule has 2 aromatic heterocycles. The highest BCUT2D eigenvalue weighted by atomic mass is 32.1. The Bertz CT molecular complexity index is 916. The molecule has 0 aliphatic rings. The Morgan fingerprint density at radius 3 is 2.92 bits per heavy atom. The van der Waals surface area contributed by atoms with Gasteiger partial charge in [0.1, 0.15) is 0 Å². The molecule has 0 spiro atoms. The summed E-state index contributed by atoms with van der Waals surface area (Å²) in [5.74, 6) is 0.0115. The normalized spacial score (nSPS) is 10.9. The smallest absolute Gasteiger partial charge is 0.261 e. The molecule has 2 heterocycles. The fraction of sp³-hybridized carbons (Fsp3) is 0.278. The minimum atomic E-state index is -0.100. The first-order valence-electron chi connectivity index (χ1n) is 7.76. The van der Waals surface area contributed by atoms with Crippen molar-refractivity contribution in [3.63, 3.8) is 0 Å². The third kappa shape index (κ3) is 3.38.